The van der Waals surface area contributed by atoms with Crippen LogP contribution < -0.4 is 16.0 Å². The molecule has 1 unspecified atom stereocenters. The van der Waals surface area contributed by atoms with Gasteiger partial charge in [0.1, 0.15) is 5.76 Å². The molecule has 1 aromatic carbocycles. The van der Waals surface area contributed by atoms with Gasteiger partial charge in [-0.1, -0.05) is 17.3 Å². The molecule has 0 radical (unpaired) electrons. The molecule has 2 aromatic rings. The first-order chi connectivity index (χ1) is 11.5. The summed E-state index contributed by atoms with van der Waals surface area (Å²) < 4.78 is 4.89. The van der Waals surface area contributed by atoms with Crippen LogP contribution >= 0.6 is 0 Å². The molecule has 1 aromatic heterocycles. The fourth-order valence-corrected chi connectivity index (χ4v) is 2.30. The van der Waals surface area contributed by atoms with Crippen molar-refractivity contribution in [2.45, 2.75) is 32.7 Å². The molecule has 3 N–H and O–H groups in total. The van der Waals surface area contributed by atoms with Crippen molar-refractivity contribution in [2.75, 3.05) is 10.6 Å². The molecule has 7 heteroatoms. The Balaban J connectivity index is 1.53. The van der Waals surface area contributed by atoms with Gasteiger partial charge in [0.2, 0.25) is 5.91 Å². The van der Waals surface area contributed by atoms with E-state index in [0.29, 0.717) is 11.6 Å². The number of amides is 3. The summed E-state index contributed by atoms with van der Waals surface area (Å²) in [5.41, 5.74) is 1.70. The van der Waals surface area contributed by atoms with Crippen LogP contribution in [0.25, 0.3) is 0 Å². The number of anilines is 2. The molecule has 0 bridgehead atoms. The minimum Gasteiger partial charge on any atom is -0.360 e. The minimum atomic E-state index is -0.359. The topological polar surface area (TPSA) is 96.3 Å². The molecule has 1 heterocycles. The van der Waals surface area contributed by atoms with Gasteiger partial charge < -0.3 is 15.2 Å². The molecular weight excluding hydrogens is 308 g/mol. The molecule has 0 aliphatic heterocycles. The number of urea groups is 1. The average molecular weight is 328 g/mol. The number of carbonyl (C=O) groups excluding carboxylic acids is 2. The fraction of sp³-hybridized carbons (Fsp3) is 0.353. The first-order valence-corrected chi connectivity index (χ1v) is 7.93. The highest BCUT2D eigenvalue weighted by Gasteiger charge is 2.29. The van der Waals surface area contributed by atoms with Crippen LogP contribution in [0.1, 0.15) is 37.1 Å². The average Bonchev–Trinajstić information content (AvgIpc) is 3.32. The molecule has 1 fully saturated rings. The summed E-state index contributed by atoms with van der Waals surface area (Å²) in [7, 11) is 0. The molecule has 1 aliphatic carbocycles. The van der Waals surface area contributed by atoms with Crippen molar-refractivity contribution in [3.8, 4) is 0 Å². The van der Waals surface area contributed by atoms with E-state index in [1.807, 2.05) is 31.2 Å². The van der Waals surface area contributed by atoms with Gasteiger partial charge in [-0.2, -0.15) is 0 Å². The van der Waals surface area contributed by atoms with E-state index in [9.17, 15) is 9.59 Å². The van der Waals surface area contributed by atoms with Gasteiger partial charge in [-0.3, -0.25) is 10.1 Å². The number of hydrogen-bond donors (Lipinski definition) is 3. The van der Waals surface area contributed by atoms with Gasteiger partial charge in [0, 0.05) is 17.7 Å². The summed E-state index contributed by atoms with van der Waals surface area (Å²) in [6, 6.07) is 8.54. The molecule has 3 amide bonds. The van der Waals surface area contributed by atoms with E-state index in [2.05, 4.69) is 21.1 Å². The van der Waals surface area contributed by atoms with Gasteiger partial charge in [0.25, 0.3) is 0 Å². The Bertz CT molecular complexity index is 735. The number of aromatic nitrogens is 1. The quantitative estimate of drug-likeness (QED) is 0.785. The maximum absolute atomic E-state index is 11.9. The largest absolute Gasteiger partial charge is 0.360 e. The number of nitrogens with one attached hydrogen (secondary N) is 3. The Kier molecular flexibility index (Phi) is 4.50. The molecular formula is C17H20N4O3. The normalized spacial score (nSPS) is 14.8. The summed E-state index contributed by atoms with van der Waals surface area (Å²) in [6.07, 6.45) is 1.95. The van der Waals surface area contributed by atoms with Crippen molar-refractivity contribution in [2.24, 2.45) is 5.92 Å². The zero-order valence-electron chi connectivity index (χ0n) is 13.6. The van der Waals surface area contributed by atoms with Crippen LogP contribution in [-0.4, -0.2) is 17.1 Å². The molecule has 1 atom stereocenters. The van der Waals surface area contributed by atoms with Crippen molar-refractivity contribution in [3.05, 3.63) is 41.7 Å². The second kappa shape index (κ2) is 6.74. The van der Waals surface area contributed by atoms with Crippen LogP contribution in [0, 0.1) is 12.8 Å². The Morgan fingerprint density at radius 1 is 1.21 bits per heavy atom. The number of carbonyl (C=O) groups is 2. The van der Waals surface area contributed by atoms with E-state index in [1.54, 1.807) is 13.0 Å². The maximum atomic E-state index is 11.9. The lowest BCUT2D eigenvalue weighted by atomic mass is 10.1. The molecule has 3 rings (SSSR count). The van der Waals surface area contributed by atoms with Crippen molar-refractivity contribution >= 4 is 23.4 Å². The molecule has 1 saturated carbocycles. The number of rotatable bonds is 5. The van der Waals surface area contributed by atoms with Gasteiger partial charge >= 0.3 is 6.03 Å². The molecule has 0 spiro atoms. The molecule has 126 valence electrons. The zero-order chi connectivity index (χ0) is 17.1. The van der Waals surface area contributed by atoms with Crippen LogP contribution in [0.15, 0.2) is 34.9 Å². The third kappa shape index (κ3) is 4.13. The van der Waals surface area contributed by atoms with Crippen LogP contribution in [0.2, 0.25) is 0 Å². The van der Waals surface area contributed by atoms with Gasteiger partial charge in [0.05, 0.1) is 6.04 Å². The van der Waals surface area contributed by atoms with Crippen molar-refractivity contribution in [3.63, 3.8) is 0 Å². The molecule has 0 saturated heterocycles. The highest BCUT2D eigenvalue weighted by atomic mass is 16.5. The van der Waals surface area contributed by atoms with E-state index in [0.717, 1.165) is 24.1 Å². The maximum Gasteiger partial charge on any atom is 0.320 e. The van der Waals surface area contributed by atoms with E-state index in [1.165, 1.54) is 0 Å². The first-order valence-electron chi connectivity index (χ1n) is 7.93. The number of hydrogen-bond acceptors (Lipinski definition) is 4. The highest BCUT2D eigenvalue weighted by Crippen LogP contribution is 2.30. The molecule has 7 nitrogen and oxygen atoms in total. The van der Waals surface area contributed by atoms with Crippen LogP contribution in [-0.2, 0) is 4.79 Å². The lowest BCUT2D eigenvalue weighted by Gasteiger charge is -2.15. The summed E-state index contributed by atoms with van der Waals surface area (Å²) in [4.78, 5) is 23.7. The van der Waals surface area contributed by atoms with Crippen LogP contribution in [0.3, 0.4) is 0 Å². The van der Waals surface area contributed by atoms with Crippen molar-refractivity contribution in [1.82, 2.24) is 10.5 Å². The molecule has 1 aliphatic rings. The third-order valence-electron chi connectivity index (χ3n) is 3.84. The second-order valence-electron chi connectivity index (χ2n) is 6.03. The smallest absolute Gasteiger partial charge is 0.320 e. The highest BCUT2D eigenvalue weighted by molar-refractivity contribution is 5.94. The van der Waals surface area contributed by atoms with E-state index < -0.39 is 0 Å². The number of aryl methyl sites for hydroxylation is 1. The third-order valence-corrected chi connectivity index (χ3v) is 3.84. The molecule has 24 heavy (non-hydrogen) atoms. The lowest BCUT2D eigenvalue weighted by Crippen LogP contribution is -2.31. The zero-order valence-corrected chi connectivity index (χ0v) is 13.6. The van der Waals surface area contributed by atoms with Crippen LogP contribution in [0.5, 0.6) is 0 Å². The predicted octanol–water partition coefficient (Wildman–Crippen LogP) is 3.21. The standard InChI is InChI=1S/C17H20N4O3/c1-10-9-15(21-24-10)20-17(23)18-11(2)12-5-7-14(8-6-12)19-16(22)13-3-4-13/h5-9,11,13H,3-4H2,1-2H3,(H,19,22)(H2,18,20,21,23). The Labute approximate surface area is 139 Å². The summed E-state index contributed by atoms with van der Waals surface area (Å²) in [5.74, 6) is 1.25. The summed E-state index contributed by atoms with van der Waals surface area (Å²) in [5, 5.41) is 12.0. The first kappa shape index (κ1) is 16.0. The fourth-order valence-electron chi connectivity index (χ4n) is 2.30. The summed E-state index contributed by atoms with van der Waals surface area (Å²) in [6.45, 7) is 3.63. The van der Waals surface area contributed by atoms with Crippen molar-refractivity contribution < 1.29 is 14.1 Å². The van der Waals surface area contributed by atoms with E-state index >= 15 is 0 Å². The predicted molar refractivity (Wildman–Crippen MR) is 89.6 cm³/mol. The lowest BCUT2D eigenvalue weighted by molar-refractivity contribution is -0.117. The SMILES string of the molecule is Cc1cc(NC(=O)NC(C)c2ccc(NC(=O)C3CC3)cc2)no1. The number of nitrogens with zero attached hydrogens (tertiary/aromatic N) is 1. The van der Waals surface area contributed by atoms with Gasteiger partial charge in [-0.15, -0.1) is 0 Å². The van der Waals surface area contributed by atoms with Gasteiger partial charge in [0.15, 0.2) is 5.82 Å². The minimum absolute atomic E-state index is 0.0798. The monoisotopic (exact) mass is 328 g/mol. The van der Waals surface area contributed by atoms with Crippen LogP contribution in [0.4, 0.5) is 16.3 Å². The van der Waals surface area contributed by atoms with Gasteiger partial charge in [-0.25, -0.2) is 4.79 Å². The van der Waals surface area contributed by atoms with Gasteiger partial charge in [-0.05, 0) is 44.4 Å². The Morgan fingerprint density at radius 3 is 2.50 bits per heavy atom. The Morgan fingerprint density at radius 2 is 1.92 bits per heavy atom. The second-order valence-corrected chi connectivity index (χ2v) is 6.03. The van der Waals surface area contributed by atoms with E-state index in [-0.39, 0.29) is 23.9 Å². The summed E-state index contributed by atoms with van der Waals surface area (Å²) >= 11 is 0. The Hall–Kier alpha value is -2.83. The van der Waals surface area contributed by atoms with E-state index in [4.69, 9.17) is 4.52 Å². The number of benzene rings is 1. The van der Waals surface area contributed by atoms with Crippen molar-refractivity contribution in [1.29, 1.82) is 0 Å².